The molecule has 114 valence electrons. The number of nitrogens with zero attached hydrogens (tertiary/aromatic N) is 2. The maximum absolute atomic E-state index is 6.38. The molecule has 4 nitrogen and oxygen atoms in total. The van der Waals surface area contributed by atoms with Crippen LogP contribution in [0.4, 0.5) is 0 Å². The van der Waals surface area contributed by atoms with Crippen molar-refractivity contribution in [2.75, 3.05) is 20.8 Å². The Labute approximate surface area is 131 Å². The molecule has 1 aromatic heterocycles. The van der Waals surface area contributed by atoms with Gasteiger partial charge in [0.25, 0.3) is 0 Å². The molecule has 0 aliphatic rings. The second-order valence-electron chi connectivity index (χ2n) is 5.10. The Balaban J connectivity index is 2.46. The Hall–Kier alpha value is -1.36. The zero-order valence-corrected chi connectivity index (χ0v) is 13.7. The standard InChI is InChI=1S/C16H22ClN3O/c1-11-6-5-7-13(12(11)2)15(18-3)16-14(17)10-19-20(16)8-9-21-4/h5-7,10,15,18H,8-9H2,1-4H3. The quantitative estimate of drug-likeness (QED) is 0.891. The van der Waals surface area contributed by atoms with Gasteiger partial charge in [-0.25, -0.2) is 0 Å². The van der Waals surface area contributed by atoms with Crippen LogP contribution in [0, 0.1) is 13.8 Å². The van der Waals surface area contributed by atoms with Gasteiger partial charge in [0.05, 0.1) is 36.1 Å². The fourth-order valence-electron chi connectivity index (χ4n) is 2.54. The Morgan fingerprint density at radius 2 is 2.14 bits per heavy atom. The van der Waals surface area contributed by atoms with E-state index in [1.54, 1.807) is 13.3 Å². The van der Waals surface area contributed by atoms with Gasteiger partial charge < -0.3 is 10.1 Å². The number of halogens is 1. The Bertz CT molecular complexity index is 610. The molecule has 1 atom stereocenters. The van der Waals surface area contributed by atoms with Crippen molar-refractivity contribution in [3.8, 4) is 0 Å². The Morgan fingerprint density at radius 1 is 1.38 bits per heavy atom. The molecule has 1 heterocycles. The van der Waals surface area contributed by atoms with Crippen LogP contribution in [-0.4, -0.2) is 30.5 Å². The molecule has 1 aromatic carbocycles. The van der Waals surface area contributed by atoms with Crippen LogP contribution in [0.15, 0.2) is 24.4 Å². The maximum Gasteiger partial charge on any atom is 0.0837 e. The first-order chi connectivity index (χ1) is 10.1. The van der Waals surface area contributed by atoms with Gasteiger partial charge in [0.2, 0.25) is 0 Å². The van der Waals surface area contributed by atoms with Crippen LogP contribution in [0.3, 0.4) is 0 Å². The van der Waals surface area contributed by atoms with E-state index in [-0.39, 0.29) is 6.04 Å². The molecule has 0 bridgehead atoms. The third-order valence-electron chi connectivity index (χ3n) is 3.86. The first-order valence-electron chi connectivity index (χ1n) is 7.03. The van der Waals surface area contributed by atoms with Crippen LogP contribution in [-0.2, 0) is 11.3 Å². The van der Waals surface area contributed by atoms with Crippen LogP contribution in [0.1, 0.15) is 28.4 Å². The van der Waals surface area contributed by atoms with Gasteiger partial charge in [-0.2, -0.15) is 5.10 Å². The van der Waals surface area contributed by atoms with E-state index in [4.69, 9.17) is 16.3 Å². The average molecular weight is 308 g/mol. The smallest absolute Gasteiger partial charge is 0.0837 e. The van der Waals surface area contributed by atoms with Crippen molar-refractivity contribution in [3.63, 3.8) is 0 Å². The molecule has 0 aliphatic carbocycles. The molecule has 2 rings (SSSR count). The van der Waals surface area contributed by atoms with Gasteiger partial charge in [0.15, 0.2) is 0 Å². The Morgan fingerprint density at radius 3 is 2.81 bits per heavy atom. The highest BCUT2D eigenvalue weighted by atomic mass is 35.5. The highest BCUT2D eigenvalue weighted by Crippen LogP contribution is 2.30. The van der Waals surface area contributed by atoms with Crippen LogP contribution in [0.2, 0.25) is 5.02 Å². The normalized spacial score (nSPS) is 12.6. The summed E-state index contributed by atoms with van der Waals surface area (Å²) in [6.45, 7) is 5.55. The molecule has 0 aliphatic heterocycles. The van der Waals surface area contributed by atoms with Gasteiger partial charge in [0, 0.05) is 7.11 Å². The summed E-state index contributed by atoms with van der Waals surface area (Å²) in [7, 11) is 3.63. The molecule has 1 N–H and O–H groups in total. The minimum absolute atomic E-state index is 0.0109. The molecular formula is C16H22ClN3O. The van der Waals surface area contributed by atoms with Crippen molar-refractivity contribution < 1.29 is 4.74 Å². The van der Waals surface area contributed by atoms with Crippen molar-refractivity contribution in [1.82, 2.24) is 15.1 Å². The number of methoxy groups -OCH3 is 1. The predicted octanol–water partition coefficient (Wildman–Crippen LogP) is 3.11. The van der Waals surface area contributed by atoms with Gasteiger partial charge in [0.1, 0.15) is 0 Å². The number of benzene rings is 1. The van der Waals surface area contributed by atoms with Gasteiger partial charge in [-0.15, -0.1) is 0 Å². The zero-order valence-electron chi connectivity index (χ0n) is 13.0. The third-order valence-corrected chi connectivity index (χ3v) is 4.15. The van der Waals surface area contributed by atoms with Crippen LogP contribution < -0.4 is 5.32 Å². The Kier molecular flexibility index (Phi) is 5.39. The van der Waals surface area contributed by atoms with Gasteiger partial charge in [-0.3, -0.25) is 4.68 Å². The summed E-state index contributed by atoms with van der Waals surface area (Å²) in [6.07, 6.45) is 1.70. The molecule has 0 spiro atoms. The summed E-state index contributed by atoms with van der Waals surface area (Å²) in [5, 5.41) is 8.40. The lowest BCUT2D eigenvalue weighted by atomic mass is 9.95. The lowest BCUT2D eigenvalue weighted by Gasteiger charge is -2.22. The summed E-state index contributed by atoms with van der Waals surface area (Å²) in [6, 6.07) is 6.34. The van der Waals surface area contributed by atoms with Crippen LogP contribution in [0.25, 0.3) is 0 Å². The van der Waals surface area contributed by atoms with Crippen molar-refractivity contribution in [1.29, 1.82) is 0 Å². The fraction of sp³-hybridized carbons (Fsp3) is 0.438. The summed E-state index contributed by atoms with van der Waals surface area (Å²) < 4.78 is 7.06. The number of aryl methyl sites for hydroxylation is 1. The summed E-state index contributed by atoms with van der Waals surface area (Å²) in [4.78, 5) is 0. The third kappa shape index (κ3) is 3.28. The molecule has 0 radical (unpaired) electrons. The van der Waals surface area contributed by atoms with Gasteiger partial charge in [-0.05, 0) is 37.6 Å². The second-order valence-corrected chi connectivity index (χ2v) is 5.51. The molecule has 1 unspecified atom stereocenters. The highest BCUT2D eigenvalue weighted by Gasteiger charge is 2.22. The molecule has 21 heavy (non-hydrogen) atoms. The van der Waals surface area contributed by atoms with E-state index in [0.717, 1.165) is 5.69 Å². The number of aromatic nitrogens is 2. The van der Waals surface area contributed by atoms with Crippen LogP contribution >= 0.6 is 11.6 Å². The van der Waals surface area contributed by atoms with E-state index in [0.29, 0.717) is 18.2 Å². The SMILES string of the molecule is CNC(c1cccc(C)c1C)c1c(Cl)cnn1CCOC. The fourth-order valence-corrected chi connectivity index (χ4v) is 2.79. The van der Waals surface area contributed by atoms with E-state index in [1.165, 1.54) is 16.7 Å². The van der Waals surface area contributed by atoms with E-state index in [1.807, 2.05) is 11.7 Å². The number of hydrogen-bond acceptors (Lipinski definition) is 3. The summed E-state index contributed by atoms with van der Waals surface area (Å²) in [5.74, 6) is 0. The largest absolute Gasteiger partial charge is 0.383 e. The van der Waals surface area contributed by atoms with Gasteiger partial charge >= 0.3 is 0 Å². The lowest BCUT2D eigenvalue weighted by molar-refractivity contribution is 0.182. The van der Waals surface area contributed by atoms with E-state index >= 15 is 0 Å². The number of ether oxygens (including phenoxy) is 1. The molecule has 0 saturated carbocycles. The van der Waals surface area contributed by atoms with Gasteiger partial charge in [-0.1, -0.05) is 29.8 Å². The number of rotatable bonds is 6. The first kappa shape index (κ1) is 16.0. The number of hydrogen-bond donors (Lipinski definition) is 1. The summed E-state index contributed by atoms with van der Waals surface area (Å²) >= 11 is 6.38. The minimum Gasteiger partial charge on any atom is -0.383 e. The predicted molar refractivity (Wildman–Crippen MR) is 85.9 cm³/mol. The monoisotopic (exact) mass is 307 g/mol. The topological polar surface area (TPSA) is 39.1 Å². The average Bonchev–Trinajstić information content (AvgIpc) is 2.83. The van der Waals surface area contributed by atoms with Crippen molar-refractivity contribution in [2.24, 2.45) is 0 Å². The second kappa shape index (κ2) is 7.07. The molecule has 0 amide bonds. The number of nitrogens with one attached hydrogen (secondary N) is 1. The van der Waals surface area contributed by atoms with E-state index < -0.39 is 0 Å². The van der Waals surface area contributed by atoms with Crippen LogP contribution in [0.5, 0.6) is 0 Å². The molecule has 5 heteroatoms. The van der Waals surface area contributed by atoms with Crippen molar-refractivity contribution >= 4 is 11.6 Å². The molecular weight excluding hydrogens is 286 g/mol. The summed E-state index contributed by atoms with van der Waals surface area (Å²) in [5.41, 5.74) is 4.74. The van der Waals surface area contributed by atoms with Crippen molar-refractivity contribution in [3.05, 3.63) is 51.8 Å². The lowest BCUT2D eigenvalue weighted by Crippen LogP contribution is -2.24. The first-order valence-corrected chi connectivity index (χ1v) is 7.41. The minimum atomic E-state index is 0.0109. The van der Waals surface area contributed by atoms with Crippen molar-refractivity contribution in [2.45, 2.75) is 26.4 Å². The maximum atomic E-state index is 6.38. The molecule has 2 aromatic rings. The zero-order chi connectivity index (χ0) is 15.4. The van der Waals surface area contributed by atoms with E-state index in [2.05, 4.69) is 42.5 Å². The molecule has 0 saturated heterocycles. The molecule has 0 fully saturated rings. The highest BCUT2D eigenvalue weighted by molar-refractivity contribution is 6.31. The van der Waals surface area contributed by atoms with E-state index in [9.17, 15) is 0 Å².